The second kappa shape index (κ2) is 16.9. The quantitative estimate of drug-likeness (QED) is 0.163. The summed E-state index contributed by atoms with van der Waals surface area (Å²) < 4.78 is 6.11. The van der Waals surface area contributed by atoms with Crippen LogP contribution >= 0.6 is 15.9 Å². The van der Waals surface area contributed by atoms with Gasteiger partial charge in [0.05, 0.1) is 5.56 Å². The second-order valence-corrected chi connectivity index (χ2v) is 9.90. The highest BCUT2D eigenvalue weighted by Crippen LogP contribution is 2.21. The smallest absolute Gasteiger partial charge is 0.338 e. The molecule has 2 rings (SSSR count). The molecule has 0 fully saturated rings. The first-order valence-electron chi connectivity index (χ1n) is 13.1. The van der Waals surface area contributed by atoms with E-state index in [1.54, 1.807) is 24.3 Å². The SMILES string of the molecule is CCCCCCCCCCCC(=O)Nc1cccc(C(=O)OCC(=O)Nc2ccc(Br)cc2CC)c1. The third-order valence-electron chi connectivity index (χ3n) is 5.95. The number of anilines is 2. The number of amides is 2. The zero-order valence-corrected chi connectivity index (χ0v) is 23.1. The number of benzene rings is 2. The summed E-state index contributed by atoms with van der Waals surface area (Å²) in [4.78, 5) is 37.0. The summed E-state index contributed by atoms with van der Waals surface area (Å²) in [5, 5.41) is 5.63. The average molecular weight is 560 g/mol. The number of carbonyl (C=O) groups excluding carboxylic acids is 3. The summed E-state index contributed by atoms with van der Waals surface area (Å²) in [6.07, 6.45) is 12.0. The Labute approximate surface area is 223 Å². The fraction of sp³-hybridized carbons (Fsp3) is 0.483. The van der Waals surface area contributed by atoms with Crippen molar-refractivity contribution in [2.24, 2.45) is 0 Å². The van der Waals surface area contributed by atoms with Gasteiger partial charge in [0.1, 0.15) is 0 Å². The van der Waals surface area contributed by atoms with Gasteiger partial charge in [-0.25, -0.2) is 4.79 Å². The molecular weight excluding hydrogens is 520 g/mol. The number of ether oxygens (including phenoxy) is 1. The molecule has 0 saturated heterocycles. The standard InChI is InChI=1S/C29H39BrN2O4/c1-3-5-6-7-8-9-10-11-12-16-27(33)31-25-15-13-14-23(20-25)29(35)36-21-28(34)32-26-18-17-24(30)19-22(26)4-2/h13-15,17-20H,3-12,16,21H2,1-2H3,(H,31,33)(H,32,34). The Morgan fingerprint density at radius 1 is 0.806 bits per heavy atom. The van der Waals surface area contributed by atoms with Gasteiger partial charge in [-0.15, -0.1) is 0 Å². The maximum Gasteiger partial charge on any atom is 0.338 e. The largest absolute Gasteiger partial charge is 0.452 e. The van der Waals surface area contributed by atoms with E-state index >= 15 is 0 Å². The normalized spacial score (nSPS) is 10.6. The van der Waals surface area contributed by atoms with E-state index in [2.05, 4.69) is 33.5 Å². The Hall–Kier alpha value is -2.67. The van der Waals surface area contributed by atoms with Crippen LogP contribution in [0.2, 0.25) is 0 Å². The first-order chi connectivity index (χ1) is 17.4. The Balaban J connectivity index is 1.71. The molecule has 7 heteroatoms. The molecule has 0 aliphatic carbocycles. The van der Waals surface area contributed by atoms with E-state index < -0.39 is 18.5 Å². The van der Waals surface area contributed by atoms with Crippen molar-refractivity contribution in [3.05, 3.63) is 58.1 Å². The van der Waals surface area contributed by atoms with E-state index in [4.69, 9.17) is 4.74 Å². The summed E-state index contributed by atoms with van der Waals surface area (Å²) in [5.41, 5.74) is 2.49. The molecule has 0 heterocycles. The van der Waals surface area contributed by atoms with Crippen LogP contribution in [0.5, 0.6) is 0 Å². The number of unbranched alkanes of at least 4 members (excludes halogenated alkanes) is 8. The average Bonchev–Trinajstić information content (AvgIpc) is 2.87. The monoisotopic (exact) mass is 558 g/mol. The number of aryl methyl sites for hydroxylation is 1. The van der Waals surface area contributed by atoms with Crippen LogP contribution in [0.3, 0.4) is 0 Å². The van der Waals surface area contributed by atoms with Crippen LogP contribution in [0.25, 0.3) is 0 Å². The minimum atomic E-state index is -0.619. The molecule has 0 aliphatic heterocycles. The molecule has 196 valence electrons. The number of halogens is 1. The van der Waals surface area contributed by atoms with Gasteiger partial charge in [-0.1, -0.05) is 87.2 Å². The van der Waals surface area contributed by atoms with Crippen molar-refractivity contribution < 1.29 is 19.1 Å². The molecule has 2 aromatic carbocycles. The van der Waals surface area contributed by atoms with E-state index in [0.29, 0.717) is 17.8 Å². The third-order valence-corrected chi connectivity index (χ3v) is 6.44. The van der Waals surface area contributed by atoms with Crippen molar-refractivity contribution in [3.63, 3.8) is 0 Å². The van der Waals surface area contributed by atoms with Crippen LogP contribution in [0, 0.1) is 0 Å². The van der Waals surface area contributed by atoms with Crippen LogP contribution in [0.1, 0.15) is 94.0 Å². The molecule has 0 saturated carbocycles. The lowest BCUT2D eigenvalue weighted by molar-refractivity contribution is -0.119. The van der Waals surface area contributed by atoms with Crippen molar-refractivity contribution >= 4 is 45.1 Å². The fourth-order valence-corrected chi connectivity index (χ4v) is 4.33. The molecule has 2 N–H and O–H groups in total. The summed E-state index contributed by atoms with van der Waals surface area (Å²) in [6, 6.07) is 12.2. The predicted octanol–water partition coefficient (Wildman–Crippen LogP) is 7.67. The van der Waals surface area contributed by atoms with Crippen LogP contribution in [-0.4, -0.2) is 24.4 Å². The number of carbonyl (C=O) groups is 3. The Kier molecular flexibility index (Phi) is 13.9. The molecule has 0 unspecified atom stereocenters. The highest BCUT2D eigenvalue weighted by Gasteiger charge is 2.13. The minimum absolute atomic E-state index is 0.0657. The van der Waals surface area contributed by atoms with E-state index in [1.165, 1.54) is 38.5 Å². The summed E-state index contributed by atoms with van der Waals surface area (Å²) in [7, 11) is 0. The topological polar surface area (TPSA) is 84.5 Å². The second-order valence-electron chi connectivity index (χ2n) is 8.99. The summed E-state index contributed by atoms with van der Waals surface area (Å²) in [6.45, 7) is 3.83. The van der Waals surface area contributed by atoms with E-state index in [1.807, 2.05) is 25.1 Å². The number of nitrogens with one attached hydrogen (secondary N) is 2. The minimum Gasteiger partial charge on any atom is -0.452 e. The molecule has 2 aromatic rings. The van der Waals surface area contributed by atoms with Crippen molar-refractivity contribution in [1.82, 2.24) is 0 Å². The molecule has 0 spiro atoms. The van der Waals surface area contributed by atoms with E-state index in [-0.39, 0.29) is 11.5 Å². The highest BCUT2D eigenvalue weighted by molar-refractivity contribution is 9.10. The van der Waals surface area contributed by atoms with Gasteiger partial charge in [0, 0.05) is 22.3 Å². The van der Waals surface area contributed by atoms with Crippen LogP contribution in [0.15, 0.2) is 46.9 Å². The lowest BCUT2D eigenvalue weighted by atomic mass is 10.1. The highest BCUT2D eigenvalue weighted by atomic mass is 79.9. The van der Waals surface area contributed by atoms with Crippen molar-refractivity contribution in [2.75, 3.05) is 17.2 Å². The van der Waals surface area contributed by atoms with Crippen LogP contribution in [-0.2, 0) is 20.7 Å². The van der Waals surface area contributed by atoms with E-state index in [0.717, 1.165) is 35.7 Å². The lowest BCUT2D eigenvalue weighted by Crippen LogP contribution is -2.21. The van der Waals surface area contributed by atoms with Gasteiger partial charge in [0.2, 0.25) is 5.91 Å². The zero-order chi connectivity index (χ0) is 26.2. The maximum atomic E-state index is 12.4. The summed E-state index contributed by atoms with van der Waals surface area (Å²) in [5.74, 6) is -1.10. The molecule has 0 aliphatic rings. The molecule has 0 bridgehead atoms. The van der Waals surface area contributed by atoms with Gasteiger partial charge < -0.3 is 15.4 Å². The zero-order valence-electron chi connectivity index (χ0n) is 21.5. The van der Waals surface area contributed by atoms with Crippen LogP contribution in [0.4, 0.5) is 11.4 Å². The predicted molar refractivity (Wildman–Crippen MR) is 149 cm³/mol. The van der Waals surface area contributed by atoms with Crippen LogP contribution < -0.4 is 10.6 Å². The molecular formula is C29H39BrN2O4. The molecule has 36 heavy (non-hydrogen) atoms. The van der Waals surface area contributed by atoms with Crippen molar-refractivity contribution in [2.45, 2.75) is 84.5 Å². The first kappa shape index (κ1) is 29.6. The van der Waals surface area contributed by atoms with Gasteiger partial charge >= 0.3 is 5.97 Å². The Morgan fingerprint density at radius 2 is 1.50 bits per heavy atom. The Bertz CT molecular complexity index is 993. The summed E-state index contributed by atoms with van der Waals surface area (Å²) >= 11 is 3.42. The molecule has 2 amide bonds. The fourth-order valence-electron chi connectivity index (χ4n) is 3.92. The van der Waals surface area contributed by atoms with E-state index in [9.17, 15) is 14.4 Å². The third kappa shape index (κ3) is 11.4. The van der Waals surface area contributed by atoms with Crippen molar-refractivity contribution in [1.29, 1.82) is 0 Å². The Morgan fingerprint density at radius 3 is 2.19 bits per heavy atom. The number of hydrogen-bond donors (Lipinski definition) is 2. The van der Waals surface area contributed by atoms with Gasteiger partial charge in [-0.05, 0) is 54.8 Å². The molecule has 6 nitrogen and oxygen atoms in total. The van der Waals surface area contributed by atoms with Gasteiger partial charge in [0.15, 0.2) is 6.61 Å². The number of hydrogen-bond acceptors (Lipinski definition) is 4. The van der Waals surface area contributed by atoms with Gasteiger partial charge in [-0.2, -0.15) is 0 Å². The van der Waals surface area contributed by atoms with Gasteiger partial charge in [0.25, 0.3) is 5.91 Å². The number of esters is 1. The number of rotatable bonds is 16. The molecule has 0 radical (unpaired) electrons. The molecule has 0 aromatic heterocycles. The van der Waals surface area contributed by atoms with Gasteiger partial charge in [-0.3, -0.25) is 9.59 Å². The van der Waals surface area contributed by atoms with Crippen molar-refractivity contribution in [3.8, 4) is 0 Å². The lowest BCUT2D eigenvalue weighted by Gasteiger charge is -2.11. The first-order valence-corrected chi connectivity index (χ1v) is 13.9. The maximum absolute atomic E-state index is 12.4. The molecule has 0 atom stereocenters.